The molecule has 1 aliphatic heterocycles. The van der Waals surface area contributed by atoms with Gasteiger partial charge in [0.1, 0.15) is 23.0 Å². The fourth-order valence-electron chi connectivity index (χ4n) is 4.98. The molecule has 1 aliphatic rings. The average molecular weight is 455 g/mol. The third kappa shape index (κ3) is 5.11. The highest BCUT2D eigenvalue weighted by atomic mass is 16.5. The number of methoxy groups -OCH3 is 1. The van der Waals surface area contributed by atoms with Gasteiger partial charge in [-0.2, -0.15) is 5.26 Å². The van der Waals surface area contributed by atoms with Crippen molar-refractivity contribution in [2.45, 2.75) is 50.2 Å². The maximum atomic E-state index is 10.5. The first-order valence-electron chi connectivity index (χ1n) is 12.0. The van der Waals surface area contributed by atoms with E-state index >= 15 is 0 Å². The Kier molecular flexibility index (Phi) is 7.24. The van der Waals surface area contributed by atoms with Crippen molar-refractivity contribution in [3.8, 4) is 17.6 Å². The zero-order chi connectivity index (χ0) is 24.0. The summed E-state index contributed by atoms with van der Waals surface area (Å²) in [4.78, 5) is 2.51. The van der Waals surface area contributed by atoms with Crippen molar-refractivity contribution in [2.75, 3.05) is 20.2 Å². The van der Waals surface area contributed by atoms with Gasteiger partial charge < -0.3 is 9.47 Å². The third-order valence-electron chi connectivity index (χ3n) is 7.18. The molecule has 4 rings (SSSR count). The molecule has 34 heavy (non-hydrogen) atoms. The summed E-state index contributed by atoms with van der Waals surface area (Å²) in [6, 6.07) is 31.0. The minimum Gasteiger partial charge on any atom is -0.497 e. The van der Waals surface area contributed by atoms with Crippen LogP contribution in [0.5, 0.6) is 11.5 Å². The van der Waals surface area contributed by atoms with Crippen LogP contribution in [0.15, 0.2) is 84.9 Å². The molecule has 1 heterocycles. The summed E-state index contributed by atoms with van der Waals surface area (Å²) in [6.07, 6.45) is 2.79. The lowest BCUT2D eigenvalue weighted by Crippen LogP contribution is -2.44. The van der Waals surface area contributed by atoms with E-state index in [9.17, 15) is 5.26 Å². The lowest BCUT2D eigenvalue weighted by Gasteiger charge is -2.38. The highest BCUT2D eigenvalue weighted by Gasteiger charge is 2.40. The van der Waals surface area contributed by atoms with E-state index in [2.05, 4.69) is 49.1 Å². The number of nitriles is 1. The summed E-state index contributed by atoms with van der Waals surface area (Å²) in [7, 11) is 1.67. The molecule has 4 heteroatoms. The van der Waals surface area contributed by atoms with Crippen LogP contribution >= 0.6 is 0 Å². The van der Waals surface area contributed by atoms with E-state index in [1.54, 1.807) is 7.11 Å². The summed E-state index contributed by atoms with van der Waals surface area (Å²) in [5, 5.41) is 10.5. The Morgan fingerprint density at radius 3 is 2.09 bits per heavy atom. The Morgan fingerprint density at radius 1 is 0.882 bits per heavy atom. The number of likely N-dealkylation sites (tertiary alicyclic amines) is 1. The van der Waals surface area contributed by atoms with Crippen molar-refractivity contribution in [1.29, 1.82) is 5.26 Å². The minimum absolute atomic E-state index is 0.0574. The molecule has 176 valence electrons. The van der Waals surface area contributed by atoms with Crippen molar-refractivity contribution >= 4 is 0 Å². The van der Waals surface area contributed by atoms with Crippen LogP contribution in [-0.4, -0.2) is 36.7 Å². The lowest BCUT2D eigenvalue weighted by atomic mass is 9.70. The fraction of sp³-hybridized carbons (Fsp3) is 0.367. The van der Waals surface area contributed by atoms with Gasteiger partial charge in [-0.1, -0.05) is 66.7 Å². The molecule has 3 aromatic rings. The second-order valence-corrected chi connectivity index (χ2v) is 9.72. The van der Waals surface area contributed by atoms with Crippen LogP contribution in [0.4, 0.5) is 0 Å². The van der Waals surface area contributed by atoms with E-state index in [4.69, 9.17) is 9.47 Å². The molecule has 0 saturated carbocycles. The number of nitrogens with zero attached hydrogens (tertiary/aromatic N) is 2. The lowest BCUT2D eigenvalue weighted by molar-refractivity contribution is 0.114. The number of ether oxygens (including phenoxy) is 2. The Bertz CT molecular complexity index is 1070. The molecule has 0 amide bonds. The van der Waals surface area contributed by atoms with Crippen molar-refractivity contribution < 1.29 is 9.47 Å². The maximum Gasteiger partial charge on any atom is 0.123 e. The molecule has 4 nitrogen and oxygen atoms in total. The Hall–Kier alpha value is -3.29. The van der Waals surface area contributed by atoms with Gasteiger partial charge in [0.2, 0.25) is 0 Å². The molecule has 1 fully saturated rings. The molecule has 0 N–H and O–H groups in total. The fourth-order valence-corrected chi connectivity index (χ4v) is 4.98. The third-order valence-corrected chi connectivity index (χ3v) is 7.18. The van der Waals surface area contributed by atoms with Gasteiger partial charge in [-0.25, -0.2) is 0 Å². The van der Waals surface area contributed by atoms with Gasteiger partial charge in [-0.15, -0.1) is 0 Å². The van der Waals surface area contributed by atoms with Crippen molar-refractivity contribution in [1.82, 2.24) is 4.90 Å². The summed E-state index contributed by atoms with van der Waals surface area (Å²) in [5.74, 6) is 1.66. The summed E-state index contributed by atoms with van der Waals surface area (Å²) in [6.45, 7) is 6.44. The van der Waals surface area contributed by atoms with Gasteiger partial charge >= 0.3 is 0 Å². The SMILES string of the molecule is COc1cccc(OC2CCN(C(C)(C)CCC(C#N)(c3ccccc3)c3ccccc3)C2)c1. The molecule has 1 unspecified atom stereocenters. The molecule has 1 atom stereocenters. The maximum absolute atomic E-state index is 10.5. The number of rotatable bonds is 9. The van der Waals surface area contributed by atoms with E-state index < -0.39 is 5.41 Å². The van der Waals surface area contributed by atoms with Gasteiger partial charge in [0.15, 0.2) is 0 Å². The van der Waals surface area contributed by atoms with Gasteiger partial charge in [0.05, 0.1) is 13.2 Å². The molecule has 0 aliphatic carbocycles. The van der Waals surface area contributed by atoms with Crippen LogP contribution in [0.25, 0.3) is 0 Å². The first-order valence-corrected chi connectivity index (χ1v) is 12.0. The van der Waals surface area contributed by atoms with Crippen molar-refractivity contribution in [3.63, 3.8) is 0 Å². The molecule has 1 saturated heterocycles. The van der Waals surface area contributed by atoms with Crippen LogP contribution in [0, 0.1) is 11.3 Å². The standard InChI is InChI=1S/C30H34N2O2/c1-29(2,32-20-17-28(22-32)34-27-16-10-15-26(21-27)33-3)18-19-30(23-31,24-11-6-4-7-12-24)25-13-8-5-9-14-25/h4-16,21,28H,17-20,22H2,1-3H3. The second kappa shape index (κ2) is 10.3. The van der Waals surface area contributed by atoms with Crippen LogP contribution in [0.2, 0.25) is 0 Å². The smallest absolute Gasteiger partial charge is 0.123 e. The molecule has 0 radical (unpaired) electrons. The topological polar surface area (TPSA) is 45.5 Å². The van der Waals surface area contributed by atoms with Crippen LogP contribution in [0.1, 0.15) is 44.2 Å². The Balaban J connectivity index is 1.48. The van der Waals surface area contributed by atoms with Crippen molar-refractivity contribution in [2.24, 2.45) is 0 Å². The zero-order valence-corrected chi connectivity index (χ0v) is 20.4. The number of hydrogen-bond donors (Lipinski definition) is 0. The van der Waals surface area contributed by atoms with Gasteiger partial charge in [-0.05, 0) is 56.4 Å². The largest absolute Gasteiger partial charge is 0.497 e. The van der Waals surface area contributed by atoms with E-state index in [1.807, 2.05) is 60.7 Å². The van der Waals surface area contributed by atoms with Crippen LogP contribution in [-0.2, 0) is 5.41 Å². The molecular formula is C30H34N2O2. The van der Waals surface area contributed by atoms with E-state index in [0.29, 0.717) is 0 Å². The predicted molar refractivity (Wildman–Crippen MR) is 136 cm³/mol. The van der Waals surface area contributed by atoms with Gasteiger partial charge in [-0.3, -0.25) is 4.90 Å². The second-order valence-electron chi connectivity index (χ2n) is 9.72. The minimum atomic E-state index is -0.671. The van der Waals surface area contributed by atoms with Gasteiger partial charge in [0, 0.05) is 24.7 Å². The monoisotopic (exact) mass is 454 g/mol. The van der Waals surface area contributed by atoms with E-state index in [-0.39, 0.29) is 11.6 Å². The first kappa shape index (κ1) is 23.9. The van der Waals surface area contributed by atoms with Crippen LogP contribution in [0.3, 0.4) is 0 Å². The molecule has 0 spiro atoms. The average Bonchev–Trinajstić information content (AvgIpc) is 3.36. The van der Waals surface area contributed by atoms with Gasteiger partial charge in [0.25, 0.3) is 0 Å². The molecule has 0 aromatic heterocycles. The number of benzene rings is 3. The molecule has 3 aromatic carbocycles. The summed E-state index contributed by atoms with van der Waals surface area (Å²) < 4.78 is 11.6. The highest BCUT2D eigenvalue weighted by molar-refractivity contribution is 5.45. The predicted octanol–water partition coefficient (Wildman–Crippen LogP) is 6.22. The first-order chi connectivity index (χ1) is 16.5. The summed E-state index contributed by atoms with van der Waals surface area (Å²) in [5.41, 5.74) is 1.38. The highest BCUT2D eigenvalue weighted by Crippen LogP contribution is 2.39. The normalized spacial score (nSPS) is 16.7. The van der Waals surface area contributed by atoms with E-state index in [0.717, 1.165) is 55.0 Å². The zero-order valence-electron chi connectivity index (χ0n) is 20.4. The summed E-state index contributed by atoms with van der Waals surface area (Å²) >= 11 is 0. The van der Waals surface area contributed by atoms with E-state index in [1.165, 1.54) is 0 Å². The van der Waals surface area contributed by atoms with Crippen molar-refractivity contribution in [3.05, 3.63) is 96.1 Å². The molecular weight excluding hydrogens is 420 g/mol. The quantitative estimate of drug-likeness (QED) is 0.385. The van der Waals surface area contributed by atoms with Crippen LogP contribution < -0.4 is 9.47 Å². The number of hydrogen-bond acceptors (Lipinski definition) is 4. The Labute approximate surface area is 203 Å². The molecule has 0 bridgehead atoms. The Morgan fingerprint density at radius 2 is 1.50 bits per heavy atom.